The van der Waals surface area contributed by atoms with E-state index >= 15 is 0 Å². The molecule has 1 aliphatic carbocycles. The van der Waals surface area contributed by atoms with E-state index in [1.165, 1.54) is 0 Å². The third kappa shape index (κ3) is 15.9. The fourth-order valence-corrected chi connectivity index (χ4v) is 5.28. The van der Waals surface area contributed by atoms with Crippen LogP contribution in [0.2, 0.25) is 0 Å². The Balaban J connectivity index is 1.99. The van der Waals surface area contributed by atoms with E-state index in [4.69, 9.17) is 15.2 Å². The summed E-state index contributed by atoms with van der Waals surface area (Å²) in [6.45, 7) is 1.96. The topological polar surface area (TPSA) is 201 Å². The summed E-state index contributed by atoms with van der Waals surface area (Å²) in [6, 6.07) is 9.68. The van der Waals surface area contributed by atoms with Gasteiger partial charge in [0.1, 0.15) is 18.8 Å². The van der Waals surface area contributed by atoms with Crippen LogP contribution in [0, 0.1) is 22.0 Å². The predicted molar refractivity (Wildman–Crippen MR) is 161 cm³/mol. The molecule has 45 heavy (non-hydrogen) atoms. The summed E-state index contributed by atoms with van der Waals surface area (Å²) in [5.41, 5.74) is 1.06. The highest BCUT2D eigenvalue weighted by atomic mass is 17.1. The average Bonchev–Trinajstić information content (AvgIpc) is 3.26. The van der Waals surface area contributed by atoms with Crippen molar-refractivity contribution in [1.82, 2.24) is 10.7 Å². The maximum Gasteiger partial charge on any atom is 0.306 e. The molecule has 1 aromatic rings. The van der Waals surface area contributed by atoms with Crippen molar-refractivity contribution in [2.75, 3.05) is 13.2 Å². The van der Waals surface area contributed by atoms with Crippen molar-refractivity contribution in [2.45, 2.75) is 95.5 Å². The summed E-state index contributed by atoms with van der Waals surface area (Å²) in [7, 11) is 0. The molecule has 252 valence electrons. The van der Waals surface area contributed by atoms with E-state index in [2.05, 4.69) is 15.0 Å². The fourth-order valence-electron chi connectivity index (χ4n) is 5.28. The number of aliphatic hydroxyl groups excluding tert-OH is 2. The van der Waals surface area contributed by atoms with Gasteiger partial charge in [-0.15, -0.1) is 10.1 Å². The Morgan fingerprint density at radius 3 is 2.56 bits per heavy atom. The second kappa shape index (κ2) is 21.4. The van der Waals surface area contributed by atoms with Crippen molar-refractivity contribution >= 4 is 11.9 Å². The Morgan fingerprint density at radius 2 is 1.87 bits per heavy atom. The van der Waals surface area contributed by atoms with Crippen molar-refractivity contribution < 1.29 is 49.7 Å². The van der Waals surface area contributed by atoms with E-state index in [-0.39, 0.29) is 43.4 Å². The van der Waals surface area contributed by atoms with E-state index in [0.717, 1.165) is 18.4 Å². The van der Waals surface area contributed by atoms with E-state index in [1.54, 1.807) is 6.08 Å². The lowest BCUT2D eigenvalue weighted by Crippen LogP contribution is -2.28. The van der Waals surface area contributed by atoms with Gasteiger partial charge in [0.15, 0.2) is 0 Å². The molecule has 1 aromatic carbocycles. The van der Waals surface area contributed by atoms with Gasteiger partial charge in [-0.05, 0) is 69.4 Å². The van der Waals surface area contributed by atoms with Crippen molar-refractivity contribution in [1.29, 1.82) is 0 Å². The number of rotatable bonds is 22. The number of carbonyl (C=O) groups is 2. The molecule has 1 saturated carbocycles. The van der Waals surface area contributed by atoms with E-state index < -0.39 is 47.5 Å². The molecule has 14 heteroatoms. The molecule has 0 unspecified atom stereocenters. The third-order valence-electron chi connectivity index (χ3n) is 7.55. The normalized spacial score (nSPS) is 21.3. The summed E-state index contributed by atoms with van der Waals surface area (Å²) >= 11 is 0. The molecule has 6 atom stereocenters. The molecule has 0 radical (unpaired) electrons. The van der Waals surface area contributed by atoms with E-state index in [1.807, 2.05) is 55.5 Å². The molecule has 1 aliphatic rings. The minimum atomic E-state index is -1.13. The van der Waals surface area contributed by atoms with Crippen molar-refractivity contribution in [2.24, 2.45) is 11.8 Å². The Labute approximate surface area is 263 Å². The summed E-state index contributed by atoms with van der Waals surface area (Å²) in [5.74, 6) is -1.09. The minimum Gasteiger partial charge on any atom is -0.458 e. The van der Waals surface area contributed by atoms with Crippen LogP contribution < -0.4 is 5.32 Å². The maximum absolute atomic E-state index is 12.7. The second-order valence-corrected chi connectivity index (χ2v) is 11.0. The molecule has 0 spiro atoms. The lowest BCUT2D eigenvalue weighted by molar-refractivity contribution is -0.770. The molecular formula is C31H47N3O11. The number of nitrogens with zero attached hydrogens (tertiary/aromatic N) is 2. The Hall–Kier alpha value is -3.40. The van der Waals surface area contributed by atoms with Gasteiger partial charge >= 0.3 is 5.97 Å². The number of ether oxygens (including phenoxy) is 1. The second-order valence-electron chi connectivity index (χ2n) is 11.0. The van der Waals surface area contributed by atoms with E-state index in [9.17, 15) is 29.9 Å². The van der Waals surface area contributed by atoms with Crippen molar-refractivity contribution in [3.8, 4) is 0 Å². The Bertz CT molecular complexity index is 1070. The Morgan fingerprint density at radius 1 is 1.11 bits per heavy atom. The van der Waals surface area contributed by atoms with E-state index in [0.29, 0.717) is 32.2 Å². The number of aliphatic hydroxyl groups is 2. The Kier molecular flexibility index (Phi) is 17.9. The molecule has 0 bridgehead atoms. The van der Waals surface area contributed by atoms with Gasteiger partial charge in [-0.3, -0.25) is 20.0 Å². The number of benzene rings is 1. The summed E-state index contributed by atoms with van der Waals surface area (Å²) in [6.07, 6.45) is 8.17. The molecule has 1 amide bonds. The largest absolute Gasteiger partial charge is 0.458 e. The van der Waals surface area contributed by atoms with Gasteiger partial charge in [0.2, 0.25) is 5.91 Å². The van der Waals surface area contributed by atoms with Crippen LogP contribution in [0.3, 0.4) is 0 Å². The van der Waals surface area contributed by atoms with Gasteiger partial charge in [-0.2, -0.15) is 0 Å². The number of hydrogen-bond donors (Lipinski definition) is 5. The van der Waals surface area contributed by atoms with Crippen molar-refractivity contribution in [3.63, 3.8) is 0 Å². The molecule has 0 heterocycles. The lowest BCUT2D eigenvalue weighted by atomic mass is 9.89. The molecule has 5 N–H and O–H groups in total. The first-order valence-electron chi connectivity index (χ1n) is 15.4. The first-order chi connectivity index (χ1) is 21.6. The van der Waals surface area contributed by atoms with Crippen LogP contribution in [0.25, 0.3) is 0 Å². The molecular weight excluding hydrogens is 590 g/mol. The smallest absolute Gasteiger partial charge is 0.306 e. The predicted octanol–water partition coefficient (Wildman–Crippen LogP) is 3.46. The summed E-state index contributed by atoms with van der Waals surface area (Å²) in [4.78, 5) is 43.9. The first kappa shape index (κ1) is 37.8. The average molecular weight is 638 g/mol. The van der Waals surface area contributed by atoms with Crippen LogP contribution in [0.15, 0.2) is 54.6 Å². The zero-order valence-electron chi connectivity index (χ0n) is 25.7. The fraction of sp³-hybridized carbons (Fsp3) is 0.613. The first-order valence-corrected chi connectivity index (χ1v) is 15.4. The molecule has 0 saturated heterocycles. The zero-order valence-corrected chi connectivity index (χ0v) is 25.7. The van der Waals surface area contributed by atoms with Gasteiger partial charge in [-0.25, -0.2) is 4.84 Å². The van der Waals surface area contributed by atoms with Gasteiger partial charge in [0.25, 0.3) is 5.09 Å². The molecule has 14 nitrogen and oxygen atoms in total. The number of unbranched alkanes of at least 4 members (excludes halogenated alkanes) is 1. The number of aryl methyl sites for hydroxylation is 1. The highest BCUT2D eigenvalue weighted by Gasteiger charge is 2.39. The summed E-state index contributed by atoms with van der Waals surface area (Å²) < 4.78 is 5.74. The van der Waals surface area contributed by atoms with Gasteiger partial charge < -0.3 is 25.1 Å². The molecule has 2 rings (SSSR count). The number of nitrogens with one attached hydrogen (secondary N) is 1. The molecule has 0 aromatic heterocycles. The zero-order chi connectivity index (χ0) is 33.0. The standard InChI is InChI=1S/C31H47N3O11/c1-2-32-30(37)15-9-4-3-8-14-26-27(29(36)21-28(26)35)20-19-24(18-17-23-11-6-5-7-12-23)44-31(38)16-10-13-25(45-34(41)42)22-43-33(39)40/h3,5-8,11-12,19-20,24-29,35-36,39-40H,2,4,9-10,13-18,21-22H2,1H3,(H,32,37)/b8-3-,20-19+/t24-,25+,26+,27+,28-,29+/m0/s1. The van der Waals surface area contributed by atoms with Crippen LogP contribution in [-0.4, -0.2) is 80.5 Å². The quantitative estimate of drug-likeness (QED) is 0.0408. The van der Waals surface area contributed by atoms with Crippen molar-refractivity contribution in [3.05, 3.63) is 70.3 Å². The van der Waals surface area contributed by atoms with Crippen LogP contribution in [-0.2, 0) is 30.4 Å². The number of esters is 1. The molecule has 1 fully saturated rings. The van der Waals surface area contributed by atoms with Gasteiger partial charge in [-0.1, -0.05) is 48.6 Å². The van der Waals surface area contributed by atoms with Crippen LogP contribution in [0.4, 0.5) is 0 Å². The highest BCUT2D eigenvalue weighted by Crippen LogP contribution is 2.36. The number of hydrogen-bond acceptors (Lipinski definition) is 12. The number of carbonyl (C=O) groups excluding carboxylic acids is 2. The van der Waals surface area contributed by atoms with Crippen LogP contribution >= 0.6 is 0 Å². The van der Waals surface area contributed by atoms with Crippen LogP contribution in [0.5, 0.6) is 0 Å². The maximum atomic E-state index is 12.7. The highest BCUT2D eigenvalue weighted by molar-refractivity contribution is 5.75. The minimum absolute atomic E-state index is 0.0156. The van der Waals surface area contributed by atoms with Gasteiger partial charge in [0, 0.05) is 31.7 Å². The monoisotopic (exact) mass is 637 g/mol. The number of amides is 1. The molecule has 0 aliphatic heterocycles. The third-order valence-corrected chi connectivity index (χ3v) is 7.55. The van der Waals surface area contributed by atoms with Crippen LogP contribution in [0.1, 0.15) is 70.3 Å². The number of allylic oxidation sites excluding steroid dienone is 2. The lowest BCUT2D eigenvalue weighted by Gasteiger charge is -2.21. The SMILES string of the molecule is CCNC(=O)CCC/C=C\C[C@@H]1[C@@H](/C=C/[C@H](CCc2ccccc2)OC(=O)CCC[C@H](CON(O)O)O[N+](=O)[O-])[C@H](O)C[C@@H]1O. The summed E-state index contributed by atoms with van der Waals surface area (Å²) in [5, 5.41) is 50.6. The van der Waals surface area contributed by atoms with Gasteiger partial charge in [0.05, 0.1) is 17.6 Å².